The molecule has 1 heterocycles. The molecule has 0 bridgehead atoms. The van der Waals surface area contributed by atoms with Gasteiger partial charge in [0.05, 0.1) is 5.69 Å². The molecule has 2 aromatic rings. The van der Waals surface area contributed by atoms with Crippen molar-refractivity contribution in [3.63, 3.8) is 0 Å². The highest BCUT2D eigenvalue weighted by Gasteiger charge is 2.36. The monoisotopic (exact) mass is 295 g/mol. The van der Waals surface area contributed by atoms with Crippen molar-refractivity contribution >= 4 is 16.6 Å². The van der Waals surface area contributed by atoms with Gasteiger partial charge in [-0.3, -0.25) is 5.84 Å². The van der Waals surface area contributed by atoms with Crippen LogP contribution in [-0.2, 0) is 6.18 Å². The predicted molar refractivity (Wildman–Crippen MR) is 59.2 cm³/mol. The highest BCUT2D eigenvalue weighted by atomic mass is 19.4. The molecule has 0 unspecified atom stereocenters. The molecule has 0 fully saturated rings. The number of benzene rings is 1. The minimum atomic E-state index is -4.89. The molecule has 0 amide bonds. The number of nitrogens with one attached hydrogen (secondary N) is 1. The molecule has 0 aliphatic carbocycles. The molecule has 0 radical (unpaired) electrons. The Labute approximate surface area is 108 Å². The second-order valence-corrected chi connectivity index (χ2v) is 3.99. The van der Waals surface area contributed by atoms with Gasteiger partial charge in [-0.2, -0.15) is 13.2 Å². The van der Waals surface area contributed by atoms with Crippen LogP contribution in [0.2, 0.25) is 0 Å². The maximum absolute atomic E-state index is 13.6. The van der Waals surface area contributed by atoms with Gasteiger partial charge < -0.3 is 5.43 Å². The van der Waals surface area contributed by atoms with Crippen molar-refractivity contribution in [2.24, 2.45) is 5.84 Å². The van der Waals surface area contributed by atoms with E-state index in [9.17, 15) is 26.3 Å². The number of hydrogen-bond donors (Lipinski definition) is 2. The molecule has 0 spiro atoms. The standard InChI is InChI=1S/C11H7F6N3/c1-3-8(20-18)4-2-5(12)6(13)7(14)9(4)19-10(3)11(15,16)17/h2H,18H2,1H3,(H,19,20). The molecule has 3 N–H and O–H groups in total. The molecule has 9 heteroatoms. The number of anilines is 1. The SMILES string of the molecule is Cc1c(C(F)(F)F)nc2c(F)c(F)c(F)cc2c1NN. The number of pyridine rings is 1. The smallest absolute Gasteiger partial charge is 0.323 e. The Balaban J connectivity index is 3.00. The van der Waals surface area contributed by atoms with E-state index in [1.54, 1.807) is 0 Å². The number of nitrogens with two attached hydrogens (primary N) is 1. The minimum Gasteiger partial charge on any atom is -0.323 e. The Morgan fingerprint density at radius 1 is 1.15 bits per heavy atom. The lowest BCUT2D eigenvalue weighted by Gasteiger charge is -2.16. The van der Waals surface area contributed by atoms with Crippen LogP contribution in [0.25, 0.3) is 10.9 Å². The number of rotatable bonds is 1. The summed E-state index contributed by atoms with van der Waals surface area (Å²) in [7, 11) is 0. The highest BCUT2D eigenvalue weighted by Crippen LogP contribution is 2.38. The zero-order valence-electron chi connectivity index (χ0n) is 9.87. The van der Waals surface area contributed by atoms with E-state index in [0.29, 0.717) is 6.07 Å². The fraction of sp³-hybridized carbons (Fsp3) is 0.182. The fourth-order valence-electron chi connectivity index (χ4n) is 1.86. The van der Waals surface area contributed by atoms with Crippen LogP contribution in [0.5, 0.6) is 0 Å². The Hall–Kier alpha value is -2.03. The molecule has 108 valence electrons. The van der Waals surface area contributed by atoms with Gasteiger partial charge in [-0.25, -0.2) is 18.2 Å². The number of nitrogen functional groups attached to an aromatic ring is 1. The molecule has 2 rings (SSSR count). The molecular formula is C11H7F6N3. The summed E-state index contributed by atoms with van der Waals surface area (Å²) in [6.07, 6.45) is -4.89. The van der Waals surface area contributed by atoms with Crippen molar-refractivity contribution in [1.82, 2.24) is 4.98 Å². The molecule has 0 aliphatic rings. The first-order valence-corrected chi connectivity index (χ1v) is 5.20. The summed E-state index contributed by atoms with van der Waals surface area (Å²) in [5, 5.41) is -0.380. The van der Waals surface area contributed by atoms with Gasteiger partial charge in [0.15, 0.2) is 17.5 Å². The Morgan fingerprint density at radius 3 is 2.25 bits per heavy atom. The highest BCUT2D eigenvalue weighted by molar-refractivity contribution is 5.93. The third-order valence-electron chi connectivity index (χ3n) is 2.77. The Kier molecular flexibility index (Phi) is 3.24. The first-order valence-electron chi connectivity index (χ1n) is 5.20. The molecule has 0 saturated carbocycles. The number of fused-ring (bicyclic) bond motifs is 1. The van der Waals surface area contributed by atoms with Crippen LogP contribution in [0.3, 0.4) is 0 Å². The van der Waals surface area contributed by atoms with Crippen LogP contribution >= 0.6 is 0 Å². The Morgan fingerprint density at radius 2 is 1.75 bits per heavy atom. The van der Waals surface area contributed by atoms with Crippen molar-refractivity contribution in [2.75, 3.05) is 5.43 Å². The zero-order chi connectivity index (χ0) is 15.2. The number of halogens is 6. The summed E-state index contributed by atoms with van der Waals surface area (Å²) in [4.78, 5) is 3.05. The van der Waals surface area contributed by atoms with Crippen LogP contribution < -0.4 is 11.3 Å². The number of aromatic nitrogens is 1. The summed E-state index contributed by atoms with van der Waals surface area (Å²) < 4.78 is 78.2. The van der Waals surface area contributed by atoms with Crippen molar-refractivity contribution in [1.29, 1.82) is 0 Å². The first kappa shape index (κ1) is 14.4. The number of alkyl halides is 3. The lowest BCUT2D eigenvalue weighted by Crippen LogP contribution is -2.17. The minimum absolute atomic E-state index is 0.375. The summed E-state index contributed by atoms with van der Waals surface area (Å²) in [5.74, 6) is -0.167. The molecule has 0 saturated heterocycles. The van der Waals surface area contributed by atoms with E-state index in [1.807, 2.05) is 5.43 Å². The maximum atomic E-state index is 13.6. The molecule has 1 aromatic heterocycles. The van der Waals surface area contributed by atoms with Crippen molar-refractivity contribution in [2.45, 2.75) is 13.1 Å². The second kappa shape index (κ2) is 4.51. The predicted octanol–water partition coefficient (Wildman–Crippen LogP) is 3.26. The molecule has 1 aromatic carbocycles. The lowest BCUT2D eigenvalue weighted by molar-refractivity contribution is -0.141. The average Bonchev–Trinajstić information content (AvgIpc) is 2.34. The van der Waals surface area contributed by atoms with Gasteiger partial charge in [0, 0.05) is 10.9 Å². The molecule has 3 nitrogen and oxygen atoms in total. The van der Waals surface area contributed by atoms with Gasteiger partial charge >= 0.3 is 6.18 Å². The van der Waals surface area contributed by atoms with Gasteiger partial charge in [0.2, 0.25) is 0 Å². The van der Waals surface area contributed by atoms with E-state index in [4.69, 9.17) is 5.84 Å². The summed E-state index contributed by atoms with van der Waals surface area (Å²) in [5.41, 5.74) is -1.27. The topological polar surface area (TPSA) is 50.9 Å². The molecule has 20 heavy (non-hydrogen) atoms. The second-order valence-electron chi connectivity index (χ2n) is 3.99. The van der Waals surface area contributed by atoms with Gasteiger partial charge in [-0.1, -0.05) is 0 Å². The normalized spacial score (nSPS) is 12.0. The maximum Gasteiger partial charge on any atom is 0.433 e. The van der Waals surface area contributed by atoms with E-state index in [-0.39, 0.29) is 11.1 Å². The van der Waals surface area contributed by atoms with Gasteiger partial charge in [-0.05, 0) is 13.0 Å². The quantitative estimate of drug-likeness (QED) is 0.367. The number of hydrazine groups is 1. The first-order chi connectivity index (χ1) is 9.18. The van der Waals surface area contributed by atoms with Crippen LogP contribution in [-0.4, -0.2) is 4.98 Å². The third-order valence-corrected chi connectivity index (χ3v) is 2.77. The summed E-state index contributed by atoms with van der Waals surface area (Å²) >= 11 is 0. The van der Waals surface area contributed by atoms with Crippen molar-refractivity contribution in [3.05, 3.63) is 34.8 Å². The van der Waals surface area contributed by atoms with Crippen molar-refractivity contribution < 1.29 is 26.3 Å². The molecular weight excluding hydrogens is 288 g/mol. The summed E-state index contributed by atoms with van der Waals surface area (Å²) in [6.45, 7) is 1.03. The van der Waals surface area contributed by atoms with Crippen LogP contribution in [0, 0.1) is 24.4 Å². The molecule has 0 atom stereocenters. The van der Waals surface area contributed by atoms with Gasteiger partial charge in [0.25, 0.3) is 0 Å². The molecule has 0 aliphatic heterocycles. The lowest BCUT2D eigenvalue weighted by atomic mass is 10.1. The van der Waals surface area contributed by atoms with Gasteiger partial charge in [0.1, 0.15) is 11.2 Å². The van der Waals surface area contributed by atoms with Crippen LogP contribution in [0.4, 0.5) is 32.0 Å². The average molecular weight is 295 g/mol. The summed E-state index contributed by atoms with van der Waals surface area (Å²) in [6, 6.07) is 0.531. The fourth-order valence-corrected chi connectivity index (χ4v) is 1.86. The van der Waals surface area contributed by atoms with E-state index in [2.05, 4.69) is 4.98 Å². The van der Waals surface area contributed by atoms with E-state index >= 15 is 0 Å². The van der Waals surface area contributed by atoms with E-state index in [0.717, 1.165) is 6.92 Å². The van der Waals surface area contributed by atoms with E-state index < -0.39 is 40.4 Å². The van der Waals surface area contributed by atoms with Crippen LogP contribution in [0.1, 0.15) is 11.3 Å². The van der Waals surface area contributed by atoms with E-state index in [1.165, 1.54) is 0 Å². The van der Waals surface area contributed by atoms with Gasteiger partial charge in [-0.15, -0.1) is 0 Å². The van der Waals surface area contributed by atoms with Crippen molar-refractivity contribution in [3.8, 4) is 0 Å². The number of hydrogen-bond acceptors (Lipinski definition) is 3. The van der Waals surface area contributed by atoms with Crippen LogP contribution in [0.15, 0.2) is 6.07 Å². The zero-order valence-corrected chi connectivity index (χ0v) is 9.87. The number of nitrogens with zero attached hydrogens (tertiary/aromatic N) is 1. The Bertz CT molecular complexity index is 695. The third kappa shape index (κ3) is 2.03. The largest absolute Gasteiger partial charge is 0.433 e.